The van der Waals surface area contributed by atoms with Gasteiger partial charge in [-0.1, -0.05) is 6.07 Å². The average molecular weight is 288 g/mol. The van der Waals surface area contributed by atoms with Gasteiger partial charge in [0.2, 0.25) is 0 Å². The first-order valence-electron chi connectivity index (χ1n) is 8.38. The van der Waals surface area contributed by atoms with Gasteiger partial charge in [0.05, 0.1) is 0 Å². The lowest BCUT2D eigenvalue weighted by Crippen LogP contribution is -2.45. The summed E-state index contributed by atoms with van der Waals surface area (Å²) in [5.41, 5.74) is 1.40. The quantitative estimate of drug-likeness (QED) is 0.825. The highest BCUT2D eigenvalue weighted by Crippen LogP contribution is 2.31. The van der Waals surface area contributed by atoms with Gasteiger partial charge in [-0.25, -0.2) is 0 Å². The predicted octanol–water partition coefficient (Wildman–Crippen LogP) is 1.86. The molecular weight excluding hydrogens is 260 g/mol. The first-order valence-corrected chi connectivity index (χ1v) is 8.38. The molecule has 116 valence electrons. The molecule has 0 radical (unpaired) electrons. The van der Waals surface area contributed by atoms with Gasteiger partial charge < -0.3 is 9.80 Å². The molecule has 0 spiro atoms. The van der Waals surface area contributed by atoms with Crippen LogP contribution in [-0.2, 0) is 0 Å². The number of aromatic nitrogens is 1. The van der Waals surface area contributed by atoms with Gasteiger partial charge >= 0.3 is 0 Å². The zero-order valence-electron chi connectivity index (χ0n) is 13.2. The first-order chi connectivity index (χ1) is 10.3. The fraction of sp³-hybridized carbons (Fsp3) is 0.706. The van der Waals surface area contributed by atoms with E-state index in [-0.39, 0.29) is 0 Å². The van der Waals surface area contributed by atoms with E-state index in [2.05, 4.69) is 38.9 Å². The SMILES string of the molecule is CN1CCN(CCCN2CCC[C@@H]2c2cccnc2)CC1. The molecule has 1 atom stereocenters. The van der Waals surface area contributed by atoms with E-state index < -0.39 is 0 Å². The van der Waals surface area contributed by atoms with E-state index in [0.29, 0.717) is 6.04 Å². The Balaban J connectivity index is 1.44. The van der Waals surface area contributed by atoms with E-state index in [1.54, 1.807) is 0 Å². The van der Waals surface area contributed by atoms with Crippen molar-refractivity contribution in [3.05, 3.63) is 30.1 Å². The van der Waals surface area contributed by atoms with Crippen LogP contribution in [0, 0.1) is 0 Å². The number of hydrogen-bond acceptors (Lipinski definition) is 4. The molecule has 4 heteroatoms. The Hall–Kier alpha value is -0.970. The highest BCUT2D eigenvalue weighted by Gasteiger charge is 2.25. The number of piperazine rings is 1. The van der Waals surface area contributed by atoms with E-state index in [1.165, 1.54) is 70.6 Å². The molecule has 0 unspecified atom stereocenters. The molecule has 0 aliphatic carbocycles. The van der Waals surface area contributed by atoms with E-state index >= 15 is 0 Å². The second kappa shape index (κ2) is 7.34. The Labute approximate surface area is 128 Å². The second-order valence-electron chi connectivity index (χ2n) is 6.48. The molecule has 0 saturated carbocycles. The number of hydrogen-bond donors (Lipinski definition) is 0. The topological polar surface area (TPSA) is 22.6 Å². The van der Waals surface area contributed by atoms with Gasteiger partial charge in [0, 0.05) is 44.6 Å². The largest absolute Gasteiger partial charge is 0.304 e. The molecule has 21 heavy (non-hydrogen) atoms. The molecule has 4 nitrogen and oxygen atoms in total. The maximum Gasteiger partial charge on any atom is 0.0363 e. The summed E-state index contributed by atoms with van der Waals surface area (Å²) >= 11 is 0. The summed E-state index contributed by atoms with van der Waals surface area (Å²) in [6.45, 7) is 8.66. The second-order valence-corrected chi connectivity index (χ2v) is 6.48. The molecule has 2 saturated heterocycles. The Morgan fingerprint density at radius 2 is 2.00 bits per heavy atom. The van der Waals surface area contributed by atoms with Crippen molar-refractivity contribution in [2.45, 2.75) is 25.3 Å². The third-order valence-corrected chi connectivity index (χ3v) is 4.95. The van der Waals surface area contributed by atoms with Crippen LogP contribution in [0.5, 0.6) is 0 Å². The molecule has 0 amide bonds. The maximum atomic E-state index is 4.28. The molecule has 0 aromatic carbocycles. The summed E-state index contributed by atoms with van der Waals surface area (Å²) in [6, 6.07) is 4.90. The van der Waals surface area contributed by atoms with Gasteiger partial charge in [-0.15, -0.1) is 0 Å². The van der Waals surface area contributed by atoms with Crippen LogP contribution in [0.2, 0.25) is 0 Å². The Morgan fingerprint density at radius 3 is 2.76 bits per heavy atom. The number of pyridine rings is 1. The molecule has 0 N–H and O–H groups in total. The number of rotatable bonds is 5. The normalized spacial score (nSPS) is 25.5. The Kier molecular flexibility index (Phi) is 5.22. The van der Waals surface area contributed by atoms with Crippen LogP contribution in [0.25, 0.3) is 0 Å². The number of nitrogens with zero attached hydrogens (tertiary/aromatic N) is 4. The van der Waals surface area contributed by atoms with Crippen LogP contribution in [0.3, 0.4) is 0 Å². The summed E-state index contributed by atoms with van der Waals surface area (Å²) in [5.74, 6) is 0. The summed E-state index contributed by atoms with van der Waals surface area (Å²) in [4.78, 5) is 12.0. The van der Waals surface area contributed by atoms with Crippen LogP contribution in [0.4, 0.5) is 0 Å². The molecule has 1 aromatic rings. The Morgan fingerprint density at radius 1 is 1.14 bits per heavy atom. The van der Waals surface area contributed by atoms with Crippen LogP contribution < -0.4 is 0 Å². The summed E-state index contributed by atoms with van der Waals surface area (Å²) in [5, 5.41) is 0. The molecular formula is C17H28N4. The van der Waals surface area contributed by atoms with E-state index in [9.17, 15) is 0 Å². The van der Waals surface area contributed by atoms with Gasteiger partial charge in [-0.05, 0) is 57.6 Å². The van der Waals surface area contributed by atoms with Gasteiger partial charge in [-0.3, -0.25) is 9.88 Å². The Bertz CT molecular complexity index is 414. The van der Waals surface area contributed by atoms with E-state index in [0.717, 1.165) is 0 Å². The van der Waals surface area contributed by atoms with Gasteiger partial charge in [0.1, 0.15) is 0 Å². The van der Waals surface area contributed by atoms with Crippen molar-refractivity contribution in [3.8, 4) is 0 Å². The van der Waals surface area contributed by atoms with Gasteiger partial charge in [0.15, 0.2) is 0 Å². The zero-order valence-corrected chi connectivity index (χ0v) is 13.2. The lowest BCUT2D eigenvalue weighted by Gasteiger charge is -2.33. The van der Waals surface area contributed by atoms with Crippen LogP contribution in [-0.4, -0.2) is 72.5 Å². The monoisotopic (exact) mass is 288 g/mol. The standard InChI is InChI=1S/C17H28N4/c1-19-11-13-20(14-12-19)8-4-10-21-9-3-6-17(21)16-5-2-7-18-15-16/h2,5,7,15,17H,3-4,6,8-14H2,1H3/t17-/m1/s1. The molecule has 2 aliphatic heterocycles. The highest BCUT2D eigenvalue weighted by atomic mass is 15.2. The van der Waals surface area contributed by atoms with E-state index in [1.807, 2.05) is 12.4 Å². The number of likely N-dealkylation sites (N-methyl/N-ethyl adjacent to an activating group) is 1. The molecule has 3 heterocycles. The van der Waals surface area contributed by atoms with Crippen molar-refractivity contribution in [1.29, 1.82) is 0 Å². The lowest BCUT2D eigenvalue weighted by atomic mass is 10.1. The van der Waals surface area contributed by atoms with Crippen molar-refractivity contribution in [2.24, 2.45) is 0 Å². The zero-order chi connectivity index (χ0) is 14.5. The van der Waals surface area contributed by atoms with E-state index in [4.69, 9.17) is 0 Å². The minimum absolute atomic E-state index is 0.603. The minimum Gasteiger partial charge on any atom is -0.304 e. The fourth-order valence-corrected chi connectivity index (χ4v) is 3.61. The van der Waals surface area contributed by atoms with Crippen molar-refractivity contribution in [1.82, 2.24) is 19.7 Å². The first kappa shape index (κ1) is 14.9. The third kappa shape index (κ3) is 4.02. The van der Waals surface area contributed by atoms with Crippen LogP contribution in [0.1, 0.15) is 30.9 Å². The highest BCUT2D eigenvalue weighted by molar-refractivity contribution is 5.15. The predicted molar refractivity (Wildman–Crippen MR) is 86.3 cm³/mol. The molecule has 2 fully saturated rings. The summed E-state index contributed by atoms with van der Waals surface area (Å²) in [7, 11) is 2.22. The maximum absolute atomic E-state index is 4.28. The van der Waals surface area contributed by atoms with Crippen molar-refractivity contribution < 1.29 is 0 Å². The molecule has 2 aliphatic rings. The fourth-order valence-electron chi connectivity index (χ4n) is 3.61. The molecule has 1 aromatic heterocycles. The lowest BCUT2D eigenvalue weighted by molar-refractivity contribution is 0.144. The van der Waals surface area contributed by atoms with Gasteiger partial charge in [-0.2, -0.15) is 0 Å². The van der Waals surface area contributed by atoms with Gasteiger partial charge in [0.25, 0.3) is 0 Å². The smallest absolute Gasteiger partial charge is 0.0363 e. The van der Waals surface area contributed by atoms with Crippen molar-refractivity contribution >= 4 is 0 Å². The summed E-state index contributed by atoms with van der Waals surface area (Å²) in [6.07, 6.45) is 7.83. The van der Waals surface area contributed by atoms with Crippen LogP contribution >= 0.6 is 0 Å². The van der Waals surface area contributed by atoms with Crippen LogP contribution in [0.15, 0.2) is 24.5 Å². The number of likely N-dealkylation sites (tertiary alicyclic amines) is 1. The summed E-state index contributed by atoms with van der Waals surface area (Å²) < 4.78 is 0. The third-order valence-electron chi connectivity index (χ3n) is 4.95. The molecule has 3 rings (SSSR count). The van der Waals surface area contributed by atoms with Crippen molar-refractivity contribution in [2.75, 3.05) is 52.9 Å². The minimum atomic E-state index is 0.603. The molecule has 0 bridgehead atoms. The van der Waals surface area contributed by atoms with Crippen molar-refractivity contribution in [3.63, 3.8) is 0 Å². The average Bonchev–Trinajstić information content (AvgIpc) is 2.99.